The van der Waals surface area contributed by atoms with Gasteiger partial charge in [0.25, 0.3) is 0 Å². The third kappa shape index (κ3) is 6.51. The van der Waals surface area contributed by atoms with Crippen molar-refractivity contribution in [1.29, 1.82) is 0 Å². The van der Waals surface area contributed by atoms with Gasteiger partial charge in [0.15, 0.2) is 0 Å². The predicted octanol–water partition coefficient (Wildman–Crippen LogP) is 3.52. The molecule has 6 nitrogen and oxygen atoms in total. The monoisotopic (exact) mass is 462 g/mol. The van der Waals surface area contributed by atoms with Crippen molar-refractivity contribution >= 4 is 28.8 Å². The van der Waals surface area contributed by atoms with Crippen molar-refractivity contribution in [2.75, 3.05) is 44.6 Å². The zero-order valence-electron chi connectivity index (χ0n) is 18.9. The molecule has 0 radical (unpaired) electrons. The van der Waals surface area contributed by atoms with E-state index in [1.165, 1.54) is 4.88 Å². The van der Waals surface area contributed by atoms with Gasteiger partial charge in [-0.05, 0) is 36.1 Å². The summed E-state index contributed by atoms with van der Waals surface area (Å²) < 4.78 is 0. The lowest BCUT2D eigenvalue weighted by Crippen LogP contribution is -2.52. The first-order valence-electron chi connectivity index (χ1n) is 11.3. The molecule has 0 saturated carbocycles. The molecule has 0 bridgehead atoms. The summed E-state index contributed by atoms with van der Waals surface area (Å²) in [6, 6.07) is 22.1. The van der Waals surface area contributed by atoms with Crippen LogP contribution < -0.4 is 10.6 Å². The second kappa shape index (κ2) is 11.2. The number of thiophene rings is 1. The van der Waals surface area contributed by atoms with Crippen molar-refractivity contribution in [3.05, 3.63) is 88.1 Å². The summed E-state index contributed by atoms with van der Waals surface area (Å²) in [5, 5.41) is 8.45. The van der Waals surface area contributed by atoms with Crippen LogP contribution in [-0.4, -0.2) is 60.9 Å². The lowest BCUT2D eigenvalue weighted by atomic mass is 10.1. The van der Waals surface area contributed by atoms with Gasteiger partial charge >= 0.3 is 0 Å². The Bertz CT molecular complexity index is 1030. The van der Waals surface area contributed by atoms with Crippen molar-refractivity contribution < 1.29 is 9.59 Å². The van der Waals surface area contributed by atoms with E-state index in [0.717, 1.165) is 16.8 Å². The summed E-state index contributed by atoms with van der Waals surface area (Å²) in [6.45, 7) is 5.29. The molecule has 33 heavy (non-hydrogen) atoms. The predicted molar refractivity (Wildman–Crippen MR) is 133 cm³/mol. The van der Waals surface area contributed by atoms with Gasteiger partial charge in [-0.1, -0.05) is 54.1 Å². The number of rotatable bonds is 8. The van der Waals surface area contributed by atoms with E-state index in [2.05, 4.69) is 39.1 Å². The van der Waals surface area contributed by atoms with E-state index < -0.39 is 0 Å². The summed E-state index contributed by atoms with van der Waals surface area (Å²) in [5.41, 5.74) is 3.12. The van der Waals surface area contributed by atoms with E-state index in [-0.39, 0.29) is 24.4 Å². The fraction of sp³-hybridized carbons (Fsp3) is 0.308. The number of piperazine rings is 1. The van der Waals surface area contributed by atoms with E-state index in [4.69, 9.17) is 0 Å². The summed E-state index contributed by atoms with van der Waals surface area (Å²) in [7, 11) is 0. The molecule has 1 atom stereocenters. The molecule has 2 amide bonds. The molecule has 0 unspecified atom stereocenters. The zero-order valence-corrected chi connectivity index (χ0v) is 19.7. The number of nitrogens with one attached hydrogen (secondary N) is 2. The smallest absolute Gasteiger partial charge is 0.238 e. The number of aryl methyl sites for hydroxylation is 1. The maximum atomic E-state index is 12.9. The fourth-order valence-electron chi connectivity index (χ4n) is 3.98. The molecule has 1 fully saturated rings. The van der Waals surface area contributed by atoms with Gasteiger partial charge in [0, 0.05) is 36.7 Å². The standard InChI is InChI=1S/C26H30N4O2S/c1-20-9-11-22(12-10-20)28-24(31)19-29-13-15-30(16-14-29)25(32)18-27-26(23-8-5-17-33-23)21-6-3-2-4-7-21/h2-12,17,26-27H,13-16,18-19H2,1H3,(H,28,31)/t26-/m1/s1. The Hall–Kier alpha value is -3.00. The van der Waals surface area contributed by atoms with Crippen molar-refractivity contribution in [3.8, 4) is 0 Å². The Kier molecular flexibility index (Phi) is 7.88. The summed E-state index contributed by atoms with van der Waals surface area (Å²) in [6.07, 6.45) is 0. The van der Waals surface area contributed by atoms with Crippen LogP contribution in [-0.2, 0) is 9.59 Å². The number of hydrogen-bond donors (Lipinski definition) is 2. The Morgan fingerprint density at radius 2 is 1.67 bits per heavy atom. The third-order valence-corrected chi connectivity index (χ3v) is 6.78. The molecule has 2 N–H and O–H groups in total. The molecule has 172 valence electrons. The minimum atomic E-state index is -0.0260. The molecular weight excluding hydrogens is 432 g/mol. The van der Waals surface area contributed by atoms with Gasteiger partial charge in [-0.3, -0.25) is 19.8 Å². The van der Waals surface area contributed by atoms with E-state index in [1.54, 1.807) is 11.3 Å². The molecule has 3 aromatic rings. The quantitative estimate of drug-likeness (QED) is 0.538. The van der Waals surface area contributed by atoms with E-state index in [0.29, 0.717) is 32.7 Å². The summed E-state index contributed by atoms with van der Waals surface area (Å²) >= 11 is 1.69. The number of carbonyl (C=O) groups excluding carboxylic acids is 2. The maximum absolute atomic E-state index is 12.9. The van der Waals surface area contributed by atoms with Crippen LogP contribution in [0.2, 0.25) is 0 Å². The number of benzene rings is 2. The average Bonchev–Trinajstić information content (AvgIpc) is 3.36. The first-order valence-corrected chi connectivity index (χ1v) is 12.1. The molecule has 1 aliphatic rings. The number of carbonyl (C=O) groups is 2. The first-order chi connectivity index (χ1) is 16.1. The Balaban J connectivity index is 1.24. The summed E-state index contributed by atoms with van der Waals surface area (Å²) in [4.78, 5) is 30.4. The van der Waals surface area contributed by atoms with Crippen LogP contribution >= 0.6 is 11.3 Å². The Labute approximate surface area is 199 Å². The van der Waals surface area contributed by atoms with Gasteiger partial charge in [-0.15, -0.1) is 11.3 Å². The highest BCUT2D eigenvalue weighted by Crippen LogP contribution is 2.25. The minimum absolute atomic E-state index is 0.00177. The Morgan fingerprint density at radius 1 is 0.939 bits per heavy atom. The second-order valence-electron chi connectivity index (χ2n) is 8.31. The average molecular weight is 463 g/mol. The molecule has 0 aliphatic carbocycles. The third-order valence-electron chi connectivity index (χ3n) is 5.85. The van der Waals surface area contributed by atoms with Crippen molar-refractivity contribution in [1.82, 2.24) is 15.1 Å². The van der Waals surface area contributed by atoms with Crippen LogP contribution in [0.3, 0.4) is 0 Å². The largest absolute Gasteiger partial charge is 0.339 e. The second-order valence-corrected chi connectivity index (χ2v) is 9.29. The van der Waals surface area contributed by atoms with Crippen LogP contribution in [0.1, 0.15) is 22.0 Å². The molecule has 4 rings (SSSR count). The van der Waals surface area contributed by atoms with E-state index in [1.807, 2.05) is 60.4 Å². The Morgan fingerprint density at radius 3 is 2.33 bits per heavy atom. The SMILES string of the molecule is Cc1ccc(NC(=O)CN2CCN(C(=O)CN[C@H](c3ccccc3)c3cccs3)CC2)cc1. The molecule has 2 aromatic carbocycles. The number of nitrogens with zero attached hydrogens (tertiary/aromatic N) is 2. The van der Waals surface area contributed by atoms with Gasteiger partial charge in [-0.2, -0.15) is 0 Å². The number of amides is 2. The van der Waals surface area contributed by atoms with Crippen LogP contribution in [0, 0.1) is 6.92 Å². The highest BCUT2D eigenvalue weighted by molar-refractivity contribution is 7.10. The van der Waals surface area contributed by atoms with Crippen LogP contribution in [0.15, 0.2) is 72.1 Å². The van der Waals surface area contributed by atoms with Gasteiger partial charge in [-0.25, -0.2) is 0 Å². The molecule has 1 aliphatic heterocycles. The van der Waals surface area contributed by atoms with Gasteiger partial charge in [0.2, 0.25) is 11.8 Å². The van der Waals surface area contributed by atoms with Crippen LogP contribution in [0.4, 0.5) is 5.69 Å². The maximum Gasteiger partial charge on any atom is 0.238 e. The highest BCUT2D eigenvalue weighted by Gasteiger charge is 2.23. The normalized spacial score (nSPS) is 15.2. The molecular formula is C26H30N4O2S. The molecule has 0 spiro atoms. The van der Waals surface area contributed by atoms with Gasteiger partial charge < -0.3 is 10.2 Å². The van der Waals surface area contributed by atoms with Crippen molar-refractivity contribution in [2.45, 2.75) is 13.0 Å². The fourth-order valence-corrected chi connectivity index (χ4v) is 4.81. The van der Waals surface area contributed by atoms with Gasteiger partial charge in [0.05, 0.1) is 19.1 Å². The lowest BCUT2D eigenvalue weighted by Gasteiger charge is -2.34. The first kappa shape index (κ1) is 23.2. The van der Waals surface area contributed by atoms with Crippen LogP contribution in [0.25, 0.3) is 0 Å². The molecule has 2 heterocycles. The van der Waals surface area contributed by atoms with Crippen molar-refractivity contribution in [3.63, 3.8) is 0 Å². The van der Waals surface area contributed by atoms with Gasteiger partial charge in [0.1, 0.15) is 0 Å². The van der Waals surface area contributed by atoms with E-state index in [9.17, 15) is 9.59 Å². The topological polar surface area (TPSA) is 64.7 Å². The van der Waals surface area contributed by atoms with Crippen molar-refractivity contribution in [2.24, 2.45) is 0 Å². The summed E-state index contributed by atoms with van der Waals surface area (Å²) in [5.74, 6) is 0.0678. The lowest BCUT2D eigenvalue weighted by molar-refractivity contribution is -0.132. The number of anilines is 1. The molecule has 1 saturated heterocycles. The number of hydrogen-bond acceptors (Lipinski definition) is 5. The highest BCUT2D eigenvalue weighted by atomic mass is 32.1. The zero-order chi connectivity index (χ0) is 23.0. The molecule has 1 aromatic heterocycles. The van der Waals surface area contributed by atoms with Crippen LogP contribution in [0.5, 0.6) is 0 Å². The van der Waals surface area contributed by atoms with E-state index >= 15 is 0 Å². The minimum Gasteiger partial charge on any atom is -0.339 e. The molecule has 7 heteroatoms.